The number of nitrogens with one attached hydrogen (secondary N) is 1. The van der Waals surface area contributed by atoms with Gasteiger partial charge in [0.1, 0.15) is 11.6 Å². The predicted molar refractivity (Wildman–Crippen MR) is 89.2 cm³/mol. The molecule has 0 aliphatic heterocycles. The monoisotopic (exact) mass is 363 g/mol. The number of ether oxygens (including phenoxy) is 1. The summed E-state index contributed by atoms with van der Waals surface area (Å²) < 4.78 is 46.4. The van der Waals surface area contributed by atoms with Gasteiger partial charge in [-0.1, -0.05) is 4.52 Å². The van der Waals surface area contributed by atoms with E-state index in [4.69, 9.17) is 4.74 Å². The van der Waals surface area contributed by atoms with Crippen molar-refractivity contribution < 1.29 is 22.7 Å². The zero-order chi connectivity index (χ0) is 18.0. The van der Waals surface area contributed by atoms with E-state index in [2.05, 4.69) is 14.6 Å². The summed E-state index contributed by atoms with van der Waals surface area (Å²) in [5.41, 5.74) is 0.260. The highest BCUT2D eigenvalue weighted by atomic mass is 32.2. The van der Waals surface area contributed by atoms with Gasteiger partial charge in [0, 0.05) is 5.39 Å². The van der Waals surface area contributed by atoms with Crippen molar-refractivity contribution in [2.75, 3.05) is 6.61 Å². The SMILES string of the molecule is CCOc1ccc(S(=O)(=O)N=Nc2c(O)[nH]c3ccc(F)cc23)cc1. The minimum Gasteiger partial charge on any atom is -0.494 e. The van der Waals surface area contributed by atoms with E-state index in [0.717, 1.165) is 6.07 Å². The molecule has 25 heavy (non-hydrogen) atoms. The zero-order valence-electron chi connectivity index (χ0n) is 13.1. The standard InChI is InChI=1S/C16H14FN3O4S/c1-2-24-11-4-6-12(7-5-11)25(22,23)20-19-15-13-9-10(17)3-8-14(13)18-16(15)21/h3-9,18,21H,2H2,1H3. The van der Waals surface area contributed by atoms with E-state index < -0.39 is 21.7 Å². The van der Waals surface area contributed by atoms with Crippen LogP contribution < -0.4 is 4.74 Å². The van der Waals surface area contributed by atoms with Crippen LogP contribution in [0.2, 0.25) is 0 Å². The van der Waals surface area contributed by atoms with Gasteiger partial charge < -0.3 is 14.8 Å². The van der Waals surface area contributed by atoms with Gasteiger partial charge in [0.15, 0.2) is 5.69 Å². The Kier molecular flexibility index (Phi) is 4.41. The van der Waals surface area contributed by atoms with Gasteiger partial charge in [0.25, 0.3) is 10.0 Å². The van der Waals surface area contributed by atoms with Crippen LogP contribution in [0.15, 0.2) is 57.0 Å². The van der Waals surface area contributed by atoms with Gasteiger partial charge in [-0.05, 0) is 49.4 Å². The number of fused-ring (bicyclic) bond motifs is 1. The molecule has 9 heteroatoms. The van der Waals surface area contributed by atoms with Crippen molar-refractivity contribution in [1.82, 2.24) is 4.98 Å². The van der Waals surface area contributed by atoms with Crippen LogP contribution in [-0.4, -0.2) is 25.1 Å². The molecule has 2 N–H and O–H groups in total. The van der Waals surface area contributed by atoms with Crippen molar-refractivity contribution in [3.63, 3.8) is 0 Å². The summed E-state index contributed by atoms with van der Waals surface area (Å²) in [4.78, 5) is 2.50. The van der Waals surface area contributed by atoms with Crippen LogP contribution in [0.3, 0.4) is 0 Å². The molecule has 1 heterocycles. The van der Waals surface area contributed by atoms with Gasteiger partial charge in [-0.2, -0.15) is 8.42 Å². The molecular formula is C16H14FN3O4S. The molecule has 130 valence electrons. The molecule has 0 aliphatic rings. The highest BCUT2D eigenvalue weighted by Gasteiger charge is 2.16. The third-order valence-corrected chi connectivity index (χ3v) is 4.56. The fourth-order valence-electron chi connectivity index (χ4n) is 2.25. The minimum absolute atomic E-state index is 0.0785. The van der Waals surface area contributed by atoms with E-state index in [9.17, 15) is 17.9 Å². The van der Waals surface area contributed by atoms with Gasteiger partial charge in [-0.15, -0.1) is 5.11 Å². The third kappa shape index (κ3) is 3.45. The van der Waals surface area contributed by atoms with Crippen molar-refractivity contribution >= 4 is 26.6 Å². The largest absolute Gasteiger partial charge is 0.494 e. The molecule has 0 bridgehead atoms. The topological polar surface area (TPSA) is 104 Å². The minimum atomic E-state index is -4.08. The number of H-pyrrole nitrogens is 1. The molecule has 7 nitrogen and oxygen atoms in total. The number of sulfonamides is 1. The summed E-state index contributed by atoms with van der Waals surface area (Å²) in [7, 11) is -4.08. The molecule has 1 aromatic heterocycles. The molecule has 0 amide bonds. The Bertz CT molecular complexity index is 1040. The van der Waals surface area contributed by atoms with Gasteiger partial charge in [-0.3, -0.25) is 0 Å². The Hall–Kier alpha value is -2.94. The molecule has 0 saturated heterocycles. The smallest absolute Gasteiger partial charge is 0.299 e. The second kappa shape index (κ2) is 6.52. The fraction of sp³-hybridized carbons (Fsp3) is 0.125. The lowest BCUT2D eigenvalue weighted by atomic mass is 10.2. The van der Waals surface area contributed by atoms with Crippen LogP contribution in [0.25, 0.3) is 10.9 Å². The lowest BCUT2D eigenvalue weighted by Crippen LogP contribution is -1.96. The number of hydrogen-bond acceptors (Lipinski definition) is 5. The first-order chi connectivity index (χ1) is 11.9. The van der Waals surface area contributed by atoms with E-state index in [1.54, 1.807) is 0 Å². The zero-order valence-corrected chi connectivity index (χ0v) is 13.9. The molecule has 2 aromatic carbocycles. The highest BCUT2D eigenvalue weighted by Crippen LogP contribution is 2.36. The summed E-state index contributed by atoms with van der Waals surface area (Å²) in [5, 5.41) is 13.7. The van der Waals surface area contributed by atoms with Crippen molar-refractivity contribution in [1.29, 1.82) is 0 Å². The molecule has 3 rings (SSSR count). The van der Waals surface area contributed by atoms with Gasteiger partial charge >= 0.3 is 0 Å². The average Bonchev–Trinajstić information content (AvgIpc) is 2.88. The molecular weight excluding hydrogens is 349 g/mol. The summed E-state index contributed by atoms with van der Waals surface area (Å²) >= 11 is 0. The molecule has 0 fully saturated rings. The molecule has 0 saturated carbocycles. The summed E-state index contributed by atoms with van der Waals surface area (Å²) in [6.07, 6.45) is 0. The van der Waals surface area contributed by atoms with Crippen LogP contribution in [0.1, 0.15) is 6.92 Å². The first-order valence-electron chi connectivity index (χ1n) is 7.32. The van der Waals surface area contributed by atoms with Crippen molar-refractivity contribution in [2.24, 2.45) is 9.63 Å². The fourth-order valence-corrected chi connectivity index (χ4v) is 3.02. The van der Waals surface area contributed by atoms with Gasteiger partial charge in [0.05, 0.1) is 17.0 Å². The van der Waals surface area contributed by atoms with Crippen LogP contribution >= 0.6 is 0 Å². The van der Waals surface area contributed by atoms with E-state index in [1.807, 2.05) is 6.92 Å². The van der Waals surface area contributed by atoms with Crippen molar-refractivity contribution in [3.8, 4) is 11.6 Å². The maximum atomic E-state index is 13.4. The highest BCUT2D eigenvalue weighted by molar-refractivity contribution is 7.90. The van der Waals surface area contributed by atoms with Gasteiger partial charge in [-0.25, -0.2) is 4.39 Å². The molecule has 0 unspecified atom stereocenters. The Morgan fingerprint density at radius 3 is 2.60 bits per heavy atom. The number of benzene rings is 2. The first kappa shape index (κ1) is 16.9. The Labute approximate surface area is 142 Å². The number of aromatic amines is 1. The lowest BCUT2D eigenvalue weighted by Gasteiger charge is -2.03. The molecule has 3 aromatic rings. The van der Waals surface area contributed by atoms with Crippen molar-refractivity contribution in [2.45, 2.75) is 11.8 Å². The number of aromatic hydroxyl groups is 1. The number of halogens is 1. The number of hydrogen-bond donors (Lipinski definition) is 2. The summed E-state index contributed by atoms with van der Waals surface area (Å²) in [6.45, 7) is 2.28. The van der Waals surface area contributed by atoms with E-state index >= 15 is 0 Å². The first-order valence-corrected chi connectivity index (χ1v) is 8.76. The van der Waals surface area contributed by atoms with E-state index in [1.165, 1.54) is 36.4 Å². The molecule has 0 spiro atoms. The Morgan fingerprint density at radius 1 is 1.20 bits per heavy atom. The molecule has 0 atom stereocenters. The normalized spacial score (nSPS) is 12.1. The third-order valence-electron chi connectivity index (χ3n) is 3.40. The summed E-state index contributed by atoms with van der Waals surface area (Å²) in [5.74, 6) is -0.410. The number of rotatable bonds is 5. The van der Waals surface area contributed by atoms with Crippen LogP contribution in [0.5, 0.6) is 11.6 Å². The quantitative estimate of drug-likeness (QED) is 0.671. The second-order valence-electron chi connectivity index (χ2n) is 5.07. The van der Waals surface area contributed by atoms with Crippen LogP contribution in [-0.2, 0) is 10.0 Å². The summed E-state index contributed by atoms with van der Waals surface area (Å²) in [6, 6.07) is 9.43. The molecule has 0 aliphatic carbocycles. The van der Waals surface area contributed by atoms with E-state index in [-0.39, 0.29) is 16.0 Å². The lowest BCUT2D eigenvalue weighted by molar-refractivity contribution is 0.340. The van der Waals surface area contributed by atoms with Crippen LogP contribution in [0.4, 0.5) is 10.1 Å². The molecule has 0 radical (unpaired) electrons. The number of nitrogens with zero attached hydrogens (tertiary/aromatic N) is 2. The number of aromatic nitrogens is 1. The Morgan fingerprint density at radius 2 is 1.92 bits per heavy atom. The predicted octanol–water partition coefficient (Wildman–Crippen LogP) is 3.88. The van der Waals surface area contributed by atoms with Crippen molar-refractivity contribution in [3.05, 3.63) is 48.3 Å². The maximum Gasteiger partial charge on any atom is 0.299 e. The second-order valence-corrected chi connectivity index (χ2v) is 6.66. The van der Waals surface area contributed by atoms with Gasteiger partial charge in [0.2, 0.25) is 5.88 Å². The van der Waals surface area contributed by atoms with E-state index in [0.29, 0.717) is 17.9 Å². The average molecular weight is 363 g/mol. The Balaban J connectivity index is 1.95. The maximum absolute atomic E-state index is 13.4. The van der Waals surface area contributed by atoms with Crippen LogP contribution in [0, 0.1) is 5.82 Å².